The van der Waals surface area contributed by atoms with Gasteiger partial charge in [0.2, 0.25) is 0 Å². The molecule has 4 nitrogen and oxygen atoms in total. The van der Waals surface area contributed by atoms with Crippen LogP contribution in [0.3, 0.4) is 0 Å². The Morgan fingerprint density at radius 2 is 0.655 bits per heavy atom. The van der Waals surface area contributed by atoms with E-state index in [1.54, 1.807) is 0 Å². The molecule has 4 heteroatoms. The van der Waals surface area contributed by atoms with Gasteiger partial charge in [-0.25, -0.2) is 15.0 Å². The molecular weight excluding hydrogens is 705 g/mol. The Balaban J connectivity index is 1.01. The monoisotopic (exact) mass is 738 g/mol. The molecule has 0 radical (unpaired) electrons. The molecule has 0 fully saturated rings. The van der Waals surface area contributed by atoms with Crippen molar-refractivity contribution in [1.29, 1.82) is 0 Å². The van der Waals surface area contributed by atoms with Gasteiger partial charge in [-0.3, -0.25) is 4.98 Å². The number of fused-ring (bicyclic) bond motifs is 6. The number of benzene rings is 9. The summed E-state index contributed by atoms with van der Waals surface area (Å²) < 4.78 is 0. The molecule has 0 bridgehead atoms. The average molecular weight is 739 g/mol. The first-order valence-corrected chi connectivity index (χ1v) is 19.5. The van der Waals surface area contributed by atoms with Crippen LogP contribution in [-0.2, 0) is 0 Å². The maximum absolute atomic E-state index is 5.10. The van der Waals surface area contributed by atoms with E-state index in [4.69, 9.17) is 19.9 Å². The minimum Gasteiger partial charge on any atom is -0.252 e. The van der Waals surface area contributed by atoms with Crippen LogP contribution in [0.15, 0.2) is 206 Å². The van der Waals surface area contributed by atoms with Crippen molar-refractivity contribution in [3.05, 3.63) is 206 Å². The minimum absolute atomic E-state index is 0.522. The first-order chi connectivity index (χ1) is 28.7. The van der Waals surface area contributed by atoms with E-state index in [1.807, 2.05) is 30.5 Å². The van der Waals surface area contributed by atoms with Crippen LogP contribution >= 0.6 is 0 Å². The highest BCUT2D eigenvalue weighted by molar-refractivity contribution is 6.15. The molecule has 2 aromatic heterocycles. The number of nitrogens with zero attached hydrogens (tertiary/aromatic N) is 4. The first kappa shape index (κ1) is 33.5. The van der Waals surface area contributed by atoms with Crippen LogP contribution in [0.1, 0.15) is 0 Å². The highest BCUT2D eigenvalue weighted by Crippen LogP contribution is 2.38. The smallest absolute Gasteiger partial charge is 0.182 e. The maximum atomic E-state index is 5.10. The van der Waals surface area contributed by atoms with Crippen molar-refractivity contribution < 1.29 is 0 Å². The van der Waals surface area contributed by atoms with Gasteiger partial charge < -0.3 is 0 Å². The molecule has 0 aliphatic heterocycles. The van der Waals surface area contributed by atoms with Gasteiger partial charge in [-0.05, 0) is 89.1 Å². The topological polar surface area (TPSA) is 51.6 Å². The summed E-state index contributed by atoms with van der Waals surface area (Å²) >= 11 is 0. The molecule has 0 saturated carbocycles. The third kappa shape index (κ3) is 5.96. The van der Waals surface area contributed by atoms with Crippen molar-refractivity contribution >= 4 is 43.1 Å². The lowest BCUT2D eigenvalue weighted by Crippen LogP contribution is -2.01. The predicted molar refractivity (Wildman–Crippen MR) is 240 cm³/mol. The molecule has 0 spiro atoms. The molecule has 0 N–H and O–H groups in total. The molecule has 0 unspecified atom stereocenters. The Bertz CT molecular complexity index is 3120. The van der Waals surface area contributed by atoms with Crippen LogP contribution in [0.2, 0.25) is 0 Å². The van der Waals surface area contributed by atoms with Gasteiger partial charge >= 0.3 is 0 Å². The summed E-state index contributed by atoms with van der Waals surface area (Å²) in [6.07, 6.45) is 1.89. The summed E-state index contributed by atoms with van der Waals surface area (Å²) in [4.78, 5) is 20.0. The SMILES string of the molecule is c1ccc(-c2ccc(-c3nc(-c4ccc(-c5cc6ccccc6c6ccccc56)cc4)nc(-c4ccc(-c5cc6ccccc6c6ccccc56)cc4)n3)nc2)cc1. The molecule has 9 aromatic carbocycles. The zero-order chi connectivity index (χ0) is 38.4. The van der Waals surface area contributed by atoms with Crippen LogP contribution in [0, 0.1) is 0 Å². The van der Waals surface area contributed by atoms with Gasteiger partial charge in [-0.1, -0.05) is 182 Å². The molecule has 2 heterocycles. The fourth-order valence-electron chi connectivity index (χ4n) is 8.26. The number of aromatic nitrogens is 4. The van der Waals surface area contributed by atoms with Crippen molar-refractivity contribution in [3.8, 4) is 67.7 Å². The van der Waals surface area contributed by atoms with Gasteiger partial charge in [0.25, 0.3) is 0 Å². The van der Waals surface area contributed by atoms with Gasteiger partial charge in [0.1, 0.15) is 5.69 Å². The van der Waals surface area contributed by atoms with Gasteiger partial charge in [0.05, 0.1) is 0 Å². The lowest BCUT2D eigenvalue weighted by molar-refractivity contribution is 1.06. The van der Waals surface area contributed by atoms with E-state index in [2.05, 4.69) is 176 Å². The van der Waals surface area contributed by atoms with E-state index in [1.165, 1.54) is 54.2 Å². The summed E-state index contributed by atoms with van der Waals surface area (Å²) in [5.74, 6) is 1.70. The van der Waals surface area contributed by atoms with E-state index < -0.39 is 0 Å². The van der Waals surface area contributed by atoms with Crippen molar-refractivity contribution in [2.24, 2.45) is 0 Å². The minimum atomic E-state index is 0.522. The van der Waals surface area contributed by atoms with E-state index in [9.17, 15) is 0 Å². The number of pyridine rings is 1. The molecule has 0 atom stereocenters. The van der Waals surface area contributed by atoms with Gasteiger partial charge in [0, 0.05) is 22.9 Å². The Hall–Kier alpha value is -7.82. The van der Waals surface area contributed by atoms with Crippen LogP contribution in [0.25, 0.3) is 111 Å². The molecule has 0 saturated heterocycles. The van der Waals surface area contributed by atoms with Gasteiger partial charge in [0.15, 0.2) is 17.5 Å². The summed E-state index contributed by atoms with van der Waals surface area (Å²) in [7, 11) is 0. The quantitative estimate of drug-likeness (QED) is 0.159. The van der Waals surface area contributed by atoms with E-state index >= 15 is 0 Å². The van der Waals surface area contributed by atoms with Crippen LogP contribution in [0.5, 0.6) is 0 Å². The number of hydrogen-bond donors (Lipinski definition) is 0. The lowest BCUT2D eigenvalue weighted by atomic mass is 9.93. The molecule has 0 amide bonds. The summed E-state index contributed by atoms with van der Waals surface area (Å²) in [5.41, 5.74) is 9.29. The Morgan fingerprint density at radius 1 is 0.259 bits per heavy atom. The predicted octanol–water partition coefficient (Wildman–Crippen LogP) is 13.9. The zero-order valence-corrected chi connectivity index (χ0v) is 31.4. The van der Waals surface area contributed by atoms with E-state index in [-0.39, 0.29) is 0 Å². The fourth-order valence-corrected chi connectivity index (χ4v) is 8.26. The molecule has 0 aliphatic carbocycles. The molecule has 11 rings (SSSR count). The van der Waals surface area contributed by atoms with Crippen LogP contribution in [-0.4, -0.2) is 19.9 Å². The third-order valence-electron chi connectivity index (χ3n) is 11.2. The Kier molecular flexibility index (Phi) is 8.11. The molecule has 270 valence electrons. The summed E-state index contributed by atoms with van der Waals surface area (Å²) in [6.45, 7) is 0. The molecule has 0 aliphatic rings. The van der Waals surface area contributed by atoms with Crippen molar-refractivity contribution in [2.45, 2.75) is 0 Å². The average Bonchev–Trinajstić information content (AvgIpc) is 3.31. The second-order valence-electron chi connectivity index (χ2n) is 14.6. The summed E-state index contributed by atoms with van der Waals surface area (Å²) in [5, 5.41) is 9.90. The standard InChI is InChI=1S/C54H34N4/c1-2-12-35(13-3-1)42-30-31-51(55-34-42)54-57-52(38-26-22-36(23-27-38)49-32-40-14-4-6-16-43(40)45-18-8-10-20-47(45)49)56-53(58-54)39-28-24-37(25-29-39)50-33-41-15-5-7-17-44(41)46-19-9-11-21-48(46)50/h1-34H. The fraction of sp³-hybridized carbons (Fsp3) is 0. The second-order valence-corrected chi connectivity index (χ2v) is 14.6. The Labute approximate surface area is 335 Å². The molecular formula is C54H34N4. The third-order valence-corrected chi connectivity index (χ3v) is 11.2. The molecule has 58 heavy (non-hydrogen) atoms. The first-order valence-electron chi connectivity index (χ1n) is 19.5. The largest absolute Gasteiger partial charge is 0.252 e. The number of hydrogen-bond acceptors (Lipinski definition) is 4. The van der Waals surface area contributed by atoms with Crippen molar-refractivity contribution in [1.82, 2.24) is 19.9 Å². The maximum Gasteiger partial charge on any atom is 0.182 e. The van der Waals surface area contributed by atoms with Gasteiger partial charge in [-0.15, -0.1) is 0 Å². The normalized spacial score (nSPS) is 11.4. The Morgan fingerprint density at radius 3 is 1.14 bits per heavy atom. The van der Waals surface area contributed by atoms with Crippen LogP contribution in [0.4, 0.5) is 0 Å². The van der Waals surface area contributed by atoms with Gasteiger partial charge in [-0.2, -0.15) is 0 Å². The van der Waals surface area contributed by atoms with E-state index in [0.717, 1.165) is 33.4 Å². The van der Waals surface area contributed by atoms with Crippen molar-refractivity contribution in [2.75, 3.05) is 0 Å². The van der Waals surface area contributed by atoms with Crippen molar-refractivity contribution in [3.63, 3.8) is 0 Å². The number of rotatable bonds is 6. The second kappa shape index (κ2) is 14.0. The summed E-state index contributed by atoms with van der Waals surface area (Å²) in [6, 6.07) is 70.5. The highest BCUT2D eigenvalue weighted by atomic mass is 15.0. The lowest BCUT2D eigenvalue weighted by Gasteiger charge is -2.13. The van der Waals surface area contributed by atoms with Crippen LogP contribution < -0.4 is 0 Å². The molecule has 11 aromatic rings. The zero-order valence-electron chi connectivity index (χ0n) is 31.4. The highest BCUT2D eigenvalue weighted by Gasteiger charge is 2.16. The van der Waals surface area contributed by atoms with E-state index in [0.29, 0.717) is 23.2 Å².